The van der Waals surface area contributed by atoms with Gasteiger partial charge in [-0.3, -0.25) is 4.98 Å². The zero-order valence-corrected chi connectivity index (χ0v) is 14.2. The lowest BCUT2D eigenvalue weighted by atomic mass is 10.00. The van der Waals surface area contributed by atoms with E-state index < -0.39 is 0 Å². The van der Waals surface area contributed by atoms with Gasteiger partial charge in [-0.25, -0.2) is 0 Å². The molecule has 1 aromatic heterocycles. The van der Waals surface area contributed by atoms with Gasteiger partial charge in [0, 0.05) is 9.77 Å². The van der Waals surface area contributed by atoms with Crippen molar-refractivity contribution in [3.8, 4) is 0 Å². The van der Waals surface area contributed by atoms with Gasteiger partial charge in [0.2, 0.25) is 0 Å². The summed E-state index contributed by atoms with van der Waals surface area (Å²) in [5.41, 5.74) is 3.77. The molecule has 0 saturated carbocycles. The fourth-order valence-corrected chi connectivity index (χ4v) is 2.66. The van der Waals surface area contributed by atoms with Gasteiger partial charge in [0.1, 0.15) is 0 Å². The third-order valence-electron chi connectivity index (χ3n) is 3.37. The molecule has 0 bridgehead atoms. The fraction of sp³-hybridized carbons (Fsp3) is 0.353. The zero-order valence-electron chi connectivity index (χ0n) is 12.1. The topological polar surface area (TPSA) is 24.9 Å². The number of hydrogen-bond donors (Lipinski definition) is 1. The van der Waals surface area contributed by atoms with Gasteiger partial charge in [-0.15, -0.1) is 0 Å². The molecule has 1 N–H and O–H groups in total. The predicted molar refractivity (Wildman–Crippen MR) is 92.9 cm³/mol. The SMILES string of the molecule is CCCNC(Cc1ccc(I)cc1)c1ncccc1C. The van der Waals surface area contributed by atoms with Gasteiger partial charge in [-0.1, -0.05) is 25.1 Å². The number of aromatic nitrogens is 1. The van der Waals surface area contributed by atoms with Gasteiger partial charge >= 0.3 is 0 Å². The smallest absolute Gasteiger partial charge is 0.0605 e. The monoisotopic (exact) mass is 380 g/mol. The van der Waals surface area contributed by atoms with Crippen LogP contribution in [-0.2, 0) is 6.42 Å². The van der Waals surface area contributed by atoms with E-state index in [4.69, 9.17) is 0 Å². The molecule has 2 rings (SSSR count). The highest BCUT2D eigenvalue weighted by molar-refractivity contribution is 14.1. The van der Waals surface area contributed by atoms with Crippen molar-refractivity contribution >= 4 is 22.6 Å². The second-order valence-corrected chi connectivity index (χ2v) is 6.29. The Bertz CT molecular complexity index is 537. The average molecular weight is 380 g/mol. The zero-order chi connectivity index (χ0) is 14.4. The highest BCUT2D eigenvalue weighted by Crippen LogP contribution is 2.20. The minimum atomic E-state index is 0.288. The molecule has 0 radical (unpaired) electrons. The molecule has 1 heterocycles. The van der Waals surface area contributed by atoms with Crippen molar-refractivity contribution in [2.24, 2.45) is 0 Å². The number of halogens is 1. The summed E-state index contributed by atoms with van der Waals surface area (Å²) in [6.45, 7) is 5.35. The van der Waals surface area contributed by atoms with E-state index in [9.17, 15) is 0 Å². The van der Waals surface area contributed by atoms with Crippen LogP contribution in [-0.4, -0.2) is 11.5 Å². The summed E-state index contributed by atoms with van der Waals surface area (Å²) in [7, 11) is 0. The van der Waals surface area contributed by atoms with Gasteiger partial charge in [0.25, 0.3) is 0 Å². The molecule has 1 unspecified atom stereocenters. The lowest BCUT2D eigenvalue weighted by molar-refractivity contribution is 0.515. The van der Waals surface area contributed by atoms with Crippen molar-refractivity contribution in [3.63, 3.8) is 0 Å². The first-order chi connectivity index (χ1) is 9.70. The number of benzene rings is 1. The molecule has 2 nitrogen and oxygen atoms in total. The molecular weight excluding hydrogens is 359 g/mol. The van der Waals surface area contributed by atoms with Gasteiger partial charge < -0.3 is 5.32 Å². The third kappa shape index (κ3) is 4.28. The summed E-state index contributed by atoms with van der Waals surface area (Å²) < 4.78 is 1.28. The summed E-state index contributed by atoms with van der Waals surface area (Å²) in [5, 5.41) is 3.63. The van der Waals surface area contributed by atoms with Crippen LogP contribution in [0.3, 0.4) is 0 Å². The quantitative estimate of drug-likeness (QED) is 0.757. The van der Waals surface area contributed by atoms with Gasteiger partial charge in [-0.05, 0) is 78.2 Å². The van der Waals surface area contributed by atoms with E-state index in [1.807, 2.05) is 12.3 Å². The van der Waals surface area contributed by atoms with Crippen LogP contribution < -0.4 is 5.32 Å². The molecule has 0 amide bonds. The van der Waals surface area contributed by atoms with Crippen LogP contribution in [0.2, 0.25) is 0 Å². The van der Waals surface area contributed by atoms with E-state index in [2.05, 4.69) is 77.1 Å². The maximum atomic E-state index is 4.58. The van der Waals surface area contributed by atoms with E-state index in [1.165, 1.54) is 20.4 Å². The summed E-state index contributed by atoms with van der Waals surface area (Å²) in [4.78, 5) is 4.58. The summed E-state index contributed by atoms with van der Waals surface area (Å²) in [6, 6.07) is 13.2. The van der Waals surface area contributed by atoms with Crippen LogP contribution in [0.25, 0.3) is 0 Å². The van der Waals surface area contributed by atoms with Crippen molar-refractivity contribution in [1.29, 1.82) is 0 Å². The Morgan fingerprint density at radius 3 is 2.60 bits per heavy atom. The largest absolute Gasteiger partial charge is 0.308 e. The second-order valence-electron chi connectivity index (χ2n) is 5.04. The van der Waals surface area contributed by atoms with Crippen molar-refractivity contribution in [1.82, 2.24) is 10.3 Å². The molecule has 2 aromatic rings. The predicted octanol–water partition coefficient (Wildman–Crippen LogP) is 4.28. The summed E-state index contributed by atoms with van der Waals surface area (Å²) in [6.07, 6.45) is 4.00. The highest BCUT2D eigenvalue weighted by atomic mass is 127. The molecule has 0 aliphatic carbocycles. The molecule has 0 saturated heterocycles. The Hall–Kier alpha value is -0.940. The fourth-order valence-electron chi connectivity index (χ4n) is 2.30. The van der Waals surface area contributed by atoms with E-state index in [1.54, 1.807) is 0 Å². The van der Waals surface area contributed by atoms with Crippen molar-refractivity contribution in [3.05, 3.63) is 63.0 Å². The van der Waals surface area contributed by atoms with Crippen LogP contribution in [0.4, 0.5) is 0 Å². The van der Waals surface area contributed by atoms with Gasteiger partial charge in [0.15, 0.2) is 0 Å². The Morgan fingerprint density at radius 2 is 1.95 bits per heavy atom. The number of aryl methyl sites for hydroxylation is 1. The number of nitrogens with one attached hydrogen (secondary N) is 1. The Balaban J connectivity index is 2.19. The summed E-state index contributed by atoms with van der Waals surface area (Å²) >= 11 is 2.34. The first-order valence-corrected chi connectivity index (χ1v) is 8.18. The van der Waals surface area contributed by atoms with E-state index in [-0.39, 0.29) is 6.04 Å². The van der Waals surface area contributed by atoms with Crippen molar-refractivity contribution in [2.75, 3.05) is 6.54 Å². The van der Waals surface area contributed by atoms with Crippen LogP contribution in [0, 0.1) is 10.5 Å². The normalized spacial score (nSPS) is 12.3. The maximum absolute atomic E-state index is 4.58. The lowest BCUT2D eigenvalue weighted by Crippen LogP contribution is -2.25. The molecule has 1 aromatic carbocycles. The molecule has 20 heavy (non-hydrogen) atoms. The van der Waals surface area contributed by atoms with E-state index in [0.29, 0.717) is 0 Å². The highest BCUT2D eigenvalue weighted by Gasteiger charge is 2.14. The Morgan fingerprint density at radius 1 is 1.20 bits per heavy atom. The average Bonchev–Trinajstić information content (AvgIpc) is 2.46. The van der Waals surface area contributed by atoms with E-state index >= 15 is 0 Å². The molecule has 3 heteroatoms. The minimum absolute atomic E-state index is 0.288. The number of nitrogens with zero attached hydrogens (tertiary/aromatic N) is 1. The molecule has 106 valence electrons. The molecule has 0 fully saturated rings. The third-order valence-corrected chi connectivity index (χ3v) is 4.09. The maximum Gasteiger partial charge on any atom is 0.0605 e. The Kier molecular flexibility index (Phi) is 5.98. The van der Waals surface area contributed by atoms with Crippen LogP contribution >= 0.6 is 22.6 Å². The second kappa shape index (κ2) is 7.74. The van der Waals surface area contributed by atoms with Gasteiger partial charge in [-0.2, -0.15) is 0 Å². The Labute approximate surface area is 135 Å². The van der Waals surface area contributed by atoms with Crippen LogP contribution in [0.5, 0.6) is 0 Å². The minimum Gasteiger partial charge on any atom is -0.308 e. The van der Waals surface area contributed by atoms with Gasteiger partial charge in [0.05, 0.1) is 11.7 Å². The van der Waals surface area contributed by atoms with Crippen LogP contribution in [0.15, 0.2) is 42.6 Å². The molecular formula is C17H21IN2. The van der Waals surface area contributed by atoms with Crippen molar-refractivity contribution in [2.45, 2.75) is 32.7 Å². The standard InChI is InChI=1S/C17H21IN2/c1-3-10-19-16(17-13(2)5-4-11-20-17)12-14-6-8-15(18)9-7-14/h4-9,11,16,19H,3,10,12H2,1-2H3. The molecule has 0 aliphatic rings. The number of pyridine rings is 1. The van der Waals surface area contributed by atoms with E-state index in [0.717, 1.165) is 19.4 Å². The number of hydrogen-bond acceptors (Lipinski definition) is 2. The lowest BCUT2D eigenvalue weighted by Gasteiger charge is -2.20. The molecule has 0 spiro atoms. The molecule has 0 aliphatic heterocycles. The first kappa shape index (κ1) is 15.4. The first-order valence-electron chi connectivity index (χ1n) is 7.10. The summed E-state index contributed by atoms with van der Waals surface area (Å²) in [5.74, 6) is 0. The van der Waals surface area contributed by atoms with Crippen LogP contribution in [0.1, 0.15) is 36.2 Å². The number of rotatable bonds is 6. The molecule has 1 atom stereocenters. The van der Waals surface area contributed by atoms with Crippen molar-refractivity contribution < 1.29 is 0 Å².